The van der Waals surface area contributed by atoms with Crippen molar-refractivity contribution in [3.63, 3.8) is 0 Å². The molecule has 3 aromatic rings. The lowest BCUT2D eigenvalue weighted by atomic mass is 10.1. The van der Waals surface area contributed by atoms with Gasteiger partial charge in [-0.25, -0.2) is 4.68 Å². The van der Waals surface area contributed by atoms with E-state index in [1.54, 1.807) is 31.2 Å². The molecule has 2 aromatic carbocycles. The highest BCUT2D eigenvalue weighted by molar-refractivity contribution is 6.44. The van der Waals surface area contributed by atoms with Gasteiger partial charge in [0.05, 0.1) is 26.1 Å². The molecule has 1 amide bonds. The highest BCUT2D eigenvalue weighted by Crippen LogP contribution is 2.32. The third-order valence-corrected chi connectivity index (χ3v) is 4.68. The highest BCUT2D eigenvalue weighted by atomic mass is 35.5. The molecule has 0 aliphatic rings. The summed E-state index contributed by atoms with van der Waals surface area (Å²) < 4.78 is 1.24. The van der Waals surface area contributed by atoms with Crippen molar-refractivity contribution in [3.05, 3.63) is 67.5 Å². The largest absolute Gasteiger partial charge is 0.319 e. The predicted molar refractivity (Wildman–Crippen MR) is 101 cm³/mol. The first-order valence-electron chi connectivity index (χ1n) is 7.38. The van der Waals surface area contributed by atoms with Crippen LogP contribution < -0.4 is 10.9 Å². The van der Waals surface area contributed by atoms with E-state index in [-0.39, 0.29) is 26.3 Å². The minimum Gasteiger partial charge on any atom is -0.319 e. The number of anilines is 1. The first-order chi connectivity index (χ1) is 11.9. The van der Waals surface area contributed by atoms with Gasteiger partial charge >= 0.3 is 0 Å². The van der Waals surface area contributed by atoms with Crippen molar-refractivity contribution in [3.8, 4) is 0 Å². The fourth-order valence-corrected chi connectivity index (χ4v) is 3.01. The van der Waals surface area contributed by atoms with Crippen molar-refractivity contribution in [2.75, 3.05) is 5.32 Å². The molecule has 0 aliphatic heterocycles. The maximum Gasteiger partial charge on any atom is 0.276 e. The van der Waals surface area contributed by atoms with Crippen LogP contribution in [0.1, 0.15) is 17.4 Å². The van der Waals surface area contributed by atoms with Crippen molar-refractivity contribution >= 4 is 57.2 Å². The molecule has 8 heteroatoms. The molecule has 0 radical (unpaired) electrons. The number of benzene rings is 2. The Balaban J connectivity index is 2.10. The number of hydrogen-bond donors (Lipinski definition) is 1. The van der Waals surface area contributed by atoms with E-state index in [0.717, 1.165) is 0 Å². The number of fused-ring (bicyclic) bond motifs is 1. The second-order valence-electron chi connectivity index (χ2n) is 5.22. The maximum atomic E-state index is 12.7. The van der Waals surface area contributed by atoms with E-state index in [9.17, 15) is 9.59 Å². The molecule has 0 saturated carbocycles. The van der Waals surface area contributed by atoms with E-state index < -0.39 is 5.91 Å². The van der Waals surface area contributed by atoms with Gasteiger partial charge in [0, 0.05) is 11.9 Å². The minimum atomic E-state index is -0.501. The number of halogens is 3. The molecule has 1 aromatic heterocycles. The van der Waals surface area contributed by atoms with Gasteiger partial charge in [-0.3, -0.25) is 9.59 Å². The number of nitrogens with zero attached hydrogens (tertiary/aromatic N) is 2. The Morgan fingerprint density at radius 1 is 1.08 bits per heavy atom. The topological polar surface area (TPSA) is 64.0 Å². The van der Waals surface area contributed by atoms with Crippen molar-refractivity contribution in [2.24, 2.45) is 0 Å². The van der Waals surface area contributed by atoms with Crippen molar-refractivity contribution < 1.29 is 4.79 Å². The molecule has 1 heterocycles. The van der Waals surface area contributed by atoms with Crippen molar-refractivity contribution in [2.45, 2.75) is 13.5 Å². The fourth-order valence-electron chi connectivity index (χ4n) is 2.42. The van der Waals surface area contributed by atoms with Crippen LogP contribution in [0.3, 0.4) is 0 Å². The molecule has 5 nitrogen and oxygen atoms in total. The number of amides is 1. The quantitative estimate of drug-likeness (QED) is 0.657. The second kappa shape index (κ2) is 7.04. The average Bonchev–Trinajstić information content (AvgIpc) is 2.60. The van der Waals surface area contributed by atoms with Crippen LogP contribution in [0.2, 0.25) is 15.1 Å². The van der Waals surface area contributed by atoms with Crippen LogP contribution in [0.5, 0.6) is 0 Å². The number of nitrogens with one attached hydrogen (secondary N) is 1. The first-order valence-corrected chi connectivity index (χ1v) is 8.51. The molecule has 0 atom stereocenters. The maximum absolute atomic E-state index is 12.7. The Morgan fingerprint density at radius 2 is 1.72 bits per heavy atom. The summed E-state index contributed by atoms with van der Waals surface area (Å²) in [4.78, 5) is 25.1. The molecule has 0 fully saturated rings. The minimum absolute atomic E-state index is 0.124. The van der Waals surface area contributed by atoms with Crippen LogP contribution >= 0.6 is 34.8 Å². The SMILES string of the molecule is CCn1nc(C(=O)Nc2cc(Cl)c(Cl)cc2Cl)c2ccccc2c1=O. The Labute approximate surface area is 158 Å². The zero-order valence-corrected chi connectivity index (χ0v) is 15.3. The van der Waals surface area contributed by atoms with Crippen LogP contribution in [0.25, 0.3) is 10.8 Å². The van der Waals surface area contributed by atoms with Gasteiger partial charge in [-0.2, -0.15) is 5.10 Å². The molecule has 25 heavy (non-hydrogen) atoms. The first kappa shape index (κ1) is 17.7. The Morgan fingerprint density at radius 3 is 2.40 bits per heavy atom. The van der Waals surface area contributed by atoms with Crippen molar-refractivity contribution in [1.82, 2.24) is 9.78 Å². The number of hydrogen-bond acceptors (Lipinski definition) is 3. The van der Waals surface area contributed by atoms with Gasteiger partial charge in [0.15, 0.2) is 5.69 Å². The van der Waals surface area contributed by atoms with Crippen molar-refractivity contribution in [1.29, 1.82) is 0 Å². The predicted octanol–water partition coefficient (Wildman–Crippen LogP) is 4.63. The summed E-state index contributed by atoms with van der Waals surface area (Å²) in [5.41, 5.74) is 0.183. The van der Waals surface area contributed by atoms with E-state index in [0.29, 0.717) is 23.0 Å². The number of rotatable bonds is 3. The van der Waals surface area contributed by atoms with Crippen LogP contribution in [0.4, 0.5) is 5.69 Å². The number of carbonyl (C=O) groups is 1. The molecular weight excluding hydrogens is 385 g/mol. The molecule has 0 spiro atoms. The molecule has 0 bridgehead atoms. The normalized spacial score (nSPS) is 10.9. The second-order valence-corrected chi connectivity index (χ2v) is 6.44. The summed E-state index contributed by atoms with van der Waals surface area (Å²) in [6, 6.07) is 9.72. The fraction of sp³-hybridized carbons (Fsp3) is 0.118. The smallest absolute Gasteiger partial charge is 0.276 e. The highest BCUT2D eigenvalue weighted by Gasteiger charge is 2.18. The Hall–Kier alpha value is -2.08. The van der Waals surface area contributed by atoms with E-state index in [1.807, 2.05) is 0 Å². The summed E-state index contributed by atoms with van der Waals surface area (Å²) in [6.45, 7) is 2.12. The van der Waals surface area contributed by atoms with Gasteiger partial charge in [0.25, 0.3) is 11.5 Å². The molecule has 0 saturated heterocycles. The van der Waals surface area contributed by atoms with Gasteiger partial charge in [0.2, 0.25) is 0 Å². The van der Waals surface area contributed by atoms with Gasteiger partial charge < -0.3 is 5.32 Å². The zero-order valence-electron chi connectivity index (χ0n) is 13.0. The summed E-state index contributed by atoms with van der Waals surface area (Å²) in [6.07, 6.45) is 0. The van der Waals surface area contributed by atoms with Crippen LogP contribution in [-0.4, -0.2) is 15.7 Å². The molecule has 0 unspecified atom stereocenters. The van der Waals surface area contributed by atoms with E-state index in [2.05, 4.69) is 10.4 Å². The standard InChI is InChI=1S/C17H12Cl3N3O2/c1-2-23-17(25)10-6-4-3-5-9(10)15(22-23)16(24)21-14-8-12(19)11(18)7-13(14)20/h3-8H,2H2,1H3,(H,21,24). The lowest BCUT2D eigenvalue weighted by Crippen LogP contribution is -2.27. The zero-order chi connectivity index (χ0) is 18.1. The third-order valence-electron chi connectivity index (χ3n) is 3.64. The van der Waals surface area contributed by atoms with E-state index in [1.165, 1.54) is 16.8 Å². The van der Waals surface area contributed by atoms with Gasteiger partial charge in [-0.05, 0) is 25.1 Å². The molecular formula is C17H12Cl3N3O2. The Bertz CT molecular complexity index is 1050. The Kier molecular flexibility index (Phi) is 4.99. The summed E-state index contributed by atoms with van der Waals surface area (Å²) >= 11 is 18.0. The molecule has 1 N–H and O–H groups in total. The molecule has 3 rings (SSSR count). The van der Waals surface area contributed by atoms with Crippen LogP contribution in [-0.2, 0) is 6.54 Å². The third kappa shape index (κ3) is 3.35. The molecule has 0 aliphatic carbocycles. The van der Waals surface area contributed by atoms with Crippen LogP contribution in [0, 0.1) is 0 Å². The van der Waals surface area contributed by atoms with Gasteiger partial charge in [-0.15, -0.1) is 0 Å². The number of aromatic nitrogens is 2. The summed E-state index contributed by atoms with van der Waals surface area (Å²) in [5, 5.41) is 8.52. The van der Waals surface area contributed by atoms with Crippen LogP contribution in [0.15, 0.2) is 41.2 Å². The molecule has 128 valence electrons. The van der Waals surface area contributed by atoms with Gasteiger partial charge in [-0.1, -0.05) is 53.0 Å². The lowest BCUT2D eigenvalue weighted by molar-refractivity contribution is 0.102. The number of aryl methyl sites for hydroxylation is 1. The average molecular weight is 397 g/mol. The summed E-state index contributed by atoms with van der Waals surface area (Å²) in [5.74, 6) is -0.501. The van der Waals surface area contributed by atoms with E-state index >= 15 is 0 Å². The lowest BCUT2D eigenvalue weighted by Gasteiger charge is -2.11. The summed E-state index contributed by atoms with van der Waals surface area (Å²) in [7, 11) is 0. The van der Waals surface area contributed by atoms with Gasteiger partial charge in [0.1, 0.15) is 0 Å². The van der Waals surface area contributed by atoms with E-state index in [4.69, 9.17) is 34.8 Å². The number of carbonyl (C=O) groups excluding carboxylic acids is 1. The monoisotopic (exact) mass is 395 g/mol.